The number of hydrogen-bond donors (Lipinski definition) is 3. The van der Waals surface area contributed by atoms with Gasteiger partial charge in [-0.3, -0.25) is 4.99 Å². The lowest BCUT2D eigenvalue weighted by Crippen LogP contribution is -2.36. The van der Waals surface area contributed by atoms with E-state index in [1.54, 1.807) is 25.2 Å². The molecule has 0 heterocycles. The first-order valence-corrected chi connectivity index (χ1v) is 9.77. The highest BCUT2D eigenvalue weighted by Gasteiger charge is 2.29. The van der Waals surface area contributed by atoms with Gasteiger partial charge in [-0.1, -0.05) is 24.3 Å². The van der Waals surface area contributed by atoms with Crippen LogP contribution in [-0.4, -0.2) is 28.5 Å². The lowest BCUT2D eigenvalue weighted by molar-refractivity contribution is -0.137. The third-order valence-corrected chi connectivity index (χ3v) is 5.31. The summed E-state index contributed by atoms with van der Waals surface area (Å²) in [6.45, 7) is 0.603. The quantitative estimate of drug-likeness (QED) is 0.298. The maximum atomic E-state index is 12.6. The summed E-state index contributed by atoms with van der Waals surface area (Å²) in [5.74, 6) is 0.432. The van der Waals surface area contributed by atoms with Gasteiger partial charge < -0.3 is 10.6 Å². The second-order valence-electron chi connectivity index (χ2n) is 5.83. The van der Waals surface area contributed by atoms with Gasteiger partial charge in [0.2, 0.25) is 10.0 Å². The Morgan fingerprint density at radius 2 is 1.59 bits per heavy atom. The highest BCUT2D eigenvalue weighted by molar-refractivity contribution is 14.0. The molecular weight excluding hydrogens is 520 g/mol. The zero-order valence-electron chi connectivity index (χ0n) is 15.7. The van der Waals surface area contributed by atoms with Crippen LogP contribution < -0.4 is 15.4 Å². The van der Waals surface area contributed by atoms with Gasteiger partial charge in [-0.15, -0.1) is 24.0 Å². The Labute approximate surface area is 185 Å². The normalized spacial score (nSPS) is 12.2. The predicted octanol–water partition coefficient (Wildman–Crippen LogP) is 3.10. The van der Waals surface area contributed by atoms with E-state index in [2.05, 4.69) is 20.3 Å². The van der Waals surface area contributed by atoms with E-state index in [1.807, 2.05) is 0 Å². The maximum Gasteiger partial charge on any atom is 0.416 e. The molecule has 0 saturated heterocycles. The van der Waals surface area contributed by atoms with Crippen molar-refractivity contribution in [1.82, 2.24) is 15.4 Å². The van der Waals surface area contributed by atoms with Crippen LogP contribution in [0.2, 0.25) is 0 Å². The minimum Gasteiger partial charge on any atom is -0.352 e. The zero-order chi connectivity index (χ0) is 20.8. The molecule has 29 heavy (non-hydrogen) atoms. The fourth-order valence-electron chi connectivity index (χ4n) is 2.34. The number of aliphatic imine (C=N–C) groups is 1. The molecule has 0 aliphatic carbocycles. The van der Waals surface area contributed by atoms with E-state index >= 15 is 0 Å². The van der Waals surface area contributed by atoms with E-state index < -0.39 is 21.8 Å². The maximum absolute atomic E-state index is 12.6. The van der Waals surface area contributed by atoms with Crippen LogP contribution in [0.5, 0.6) is 0 Å². The van der Waals surface area contributed by atoms with Crippen LogP contribution in [0.4, 0.5) is 13.2 Å². The first-order valence-electron chi connectivity index (χ1n) is 8.29. The van der Waals surface area contributed by atoms with Gasteiger partial charge in [0, 0.05) is 20.1 Å². The Morgan fingerprint density at radius 1 is 1.00 bits per heavy atom. The summed E-state index contributed by atoms with van der Waals surface area (Å²) in [7, 11) is -0.629. The summed E-state index contributed by atoms with van der Waals surface area (Å²) in [6, 6.07) is 11.3. The van der Waals surface area contributed by atoms with Crippen molar-refractivity contribution in [2.24, 2.45) is 4.99 Å². The molecule has 2 rings (SSSR count). The van der Waals surface area contributed by atoms with Crippen LogP contribution in [0.15, 0.2) is 58.4 Å². The number of guanidine groups is 1. The Hall–Kier alpha value is -1.86. The molecule has 0 radical (unpaired) electrons. The number of sulfonamides is 1. The lowest BCUT2D eigenvalue weighted by atomic mass is 10.1. The van der Waals surface area contributed by atoms with Gasteiger partial charge in [-0.25, -0.2) is 13.1 Å². The minimum absolute atomic E-state index is 0. The van der Waals surface area contributed by atoms with Crippen LogP contribution >= 0.6 is 24.0 Å². The summed E-state index contributed by atoms with van der Waals surface area (Å²) >= 11 is 0. The van der Waals surface area contributed by atoms with Crippen molar-refractivity contribution in [2.75, 3.05) is 14.1 Å². The second kappa shape index (κ2) is 10.8. The topological polar surface area (TPSA) is 82.6 Å². The highest BCUT2D eigenvalue weighted by Crippen LogP contribution is 2.29. The van der Waals surface area contributed by atoms with Crippen LogP contribution in [-0.2, 0) is 29.3 Å². The van der Waals surface area contributed by atoms with E-state index in [0.29, 0.717) is 18.1 Å². The van der Waals surface area contributed by atoms with E-state index in [0.717, 1.165) is 17.7 Å². The molecular formula is C18H22F3IN4O2S. The number of hydrogen-bond acceptors (Lipinski definition) is 3. The van der Waals surface area contributed by atoms with E-state index in [4.69, 9.17) is 0 Å². The van der Waals surface area contributed by atoms with Crippen molar-refractivity contribution in [1.29, 1.82) is 0 Å². The number of benzene rings is 2. The van der Waals surface area contributed by atoms with Crippen LogP contribution in [0.25, 0.3) is 0 Å². The standard InChI is InChI=1S/C18H21F3N4O2S.HI/c1-22-17(24-11-13-6-8-15(9-7-13)18(19,20)21)25-12-14-4-3-5-16(10-14)28(26,27)23-2;/h3-10,23H,11-12H2,1-2H3,(H2,22,24,25);1H. The Morgan fingerprint density at radius 3 is 2.10 bits per heavy atom. The van der Waals surface area contributed by atoms with Gasteiger partial charge in [0.25, 0.3) is 0 Å². The van der Waals surface area contributed by atoms with Crippen molar-refractivity contribution in [3.8, 4) is 0 Å². The van der Waals surface area contributed by atoms with E-state index in [-0.39, 0.29) is 35.4 Å². The molecule has 0 aliphatic rings. The molecule has 0 unspecified atom stereocenters. The monoisotopic (exact) mass is 542 g/mol. The fraction of sp³-hybridized carbons (Fsp3) is 0.278. The van der Waals surface area contributed by atoms with Crippen molar-refractivity contribution >= 4 is 40.0 Å². The van der Waals surface area contributed by atoms with Gasteiger partial charge in [0.1, 0.15) is 0 Å². The third kappa shape index (κ3) is 7.48. The number of rotatable bonds is 6. The molecule has 3 N–H and O–H groups in total. The smallest absolute Gasteiger partial charge is 0.352 e. The summed E-state index contributed by atoms with van der Waals surface area (Å²) in [5, 5.41) is 6.03. The Bertz CT molecular complexity index is 933. The summed E-state index contributed by atoms with van der Waals surface area (Å²) in [4.78, 5) is 4.20. The average molecular weight is 542 g/mol. The molecule has 0 saturated carbocycles. The molecule has 2 aromatic carbocycles. The van der Waals surface area contributed by atoms with Crippen LogP contribution in [0.1, 0.15) is 16.7 Å². The molecule has 160 valence electrons. The van der Waals surface area contributed by atoms with Crippen molar-refractivity contribution in [3.63, 3.8) is 0 Å². The zero-order valence-corrected chi connectivity index (χ0v) is 18.9. The molecule has 6 nitrogen and oxygen atoms in total. The molecule has 0 spiro atoms. The number of nitrogens with one attached hydrogen (secondary N) is 3. The third-order valence-electron chi connectivity index (χ3n) is 3.90. The highest BCUT2D eigenvalue weighted by atomic mass is 127. The summed E-state index contributed by atoms with van der Waals surface area (Å²) in [6.07, 6.45) is -4.36. The first-order chi connectivity index (χ1) is 13.2. The van der Waals surface area contributed by atoms with Crippen molar-refractivity contribution in [3.05, 3.63) is 65.2 Å². The minimum atomic E-state index is -4.36. The summed E-state index contributed by atoms with van der Waals surface area (Å²) < 4.78 is 63.7. The Balaban J connectivity index is 0.00000420. The Kier molecular flexibility index (Phi) is 9.36. The van der Waals surface area contributed by atoms with Gasteiger partial charge in [0.05, 0.1) is 10.5 Å². The summed E-state index contributed by atoms with van der Waals surface area (Å²) in [5.41, 5.74) is 0.696. The van der Waals surface area contributed by atoms with Crippen molar-refractivity contribution in [2.45, 2.75) is 24.2 Å². The van der Waals surface area contributed by atoms with Crippen molar-refractivity contribution < 1.29 is 21.6 Å². The second-order valence-corrected chi connectivity index (χ2v) is 7.72. The fourth-order valence-corrected chi connectivity index (χ4v) is 3.14. The number of nitrogens with zero attached hydrogens (tertiary/aromatic N) is 1. The molecule has 0 fully saturated rings. The molecule has 2 aromatic rings. The number of halogens is 4. The SMILES string of the molecule is CN=C(NCc1ccc(C(F)(F)F)cc1)NCc1cccc(S(=O)(=O)NC)c1.I. The van der Waals surface area contributed by atoms with E-state index in [9.17, 15) is 21.6 Å². The molecule has 0 aliphatic heterocycles. The predicted molar refractivity (Wildman–Crippen MR) is 117 cm³/mol. The van der Waals surface area contributed by atoms with Gasteiger partial charge in [0.15, 0.2) is 5.96 Å². The van der Waals surface area contributed by atoms with Gasteiger partial charge >= 0.3 is 6.18 Å². The van der Waals surface area contributed by atoms with Crippen LogP contribution in [0, 0.1) is 0 Å². The first kappa shape index (κ1) is 25.2. The molecule has 0 atom stereocenters. The van der Waals surface area contributed by atoms with E-state index in [1.165, 1.54) is 25.2 Å². The largest absolute Gasteiger partial charge is 0.416 e. The van der Waals surface area contributed by atoms with Gasteiger partial charge in [-0.2, -0.15) is 13.2 Å². The van der Waals surface area contributed by atoms with Gasteiger partial charge in [-0.05, 0) is 42.4 Å². The molecule has 0 amide bonds. The molecule has 0 aromatic heterocycles. The molecule has 11 heteroatoms. The number of alkyl halides is 3. The lowest BCUT2D eigenvalue weighted by Gasteiger charge is -2.13. The molecule has 0 bridgehead atoms. The van der Waals surface area contributed by atoms with Crippen LogP contribution in [0.3, 0.4) is 0 Å². The average Bonchev–Trinajstić information content (AvgIpc) is 2.68.